The van der Waals surface area contributed by atoms with E-state index in [1.165, 1.54) is 16.7 Å². The third kappa shape index (κ3) is 5.78. The number of ether oxygens (including phenoxy) is 1. The van der Waals surface area contributed by atoms with Crippen LogP contribution in [0.25, 0.3) is 0 Å². The largest absolute Gasteiger partial charge is 0.459 e. The van der Waals surface area contributed by atoms with E-state index in [9.17, 15) is 24.3 Å². The van der Waals surface area contributed by atoms with E-state index in [-0.39, 0.29) is 25.1 Å². The summed E-state index contributed by atoms with van der Waals surface area (Å²) in [4.78, 5) is 56.2. The Labute approximate surface area is 221 Å². The van der Waals surface area contributed by atoms with Crippen LogP contribution in [-0.4, -0.2) is 105 Å². The minimum atomic E-state index is -1.48. The zero-order chi connectivity index (χ0) is 26.9. The van der Waals surface area contributed by atoms with Crippen LogP contribution in [0.2, 0.25) is 0 Å². The van der Waals surface area contributed by atoms with Gasteiger partial charge in [0.15, 0.2) is 0 Å². The van der Waals surface area contributed by atoms with E-state index in [1.54, 1.807) is 4.90 Å². The second kappa shape index (κ2) is 11.0. The topological polar surface area (TPSA) is 119 Å². The van der Waals surface area contributed by atoms with Crippen LogP contribution in [0.1, 0.15) is 33.3 Å². The number of aliphatic hydroxyl groups is 1. The Morgan fingerprint density at radius 1 is 1.14 bits per heavy atom. The lowest BCUT2D eigenvalue weighted by molar-refractivity contribution is -0.175. The van der Waals surface area contributed by atoms with Crippen molar-refractivity contribution in [3.05, 3.63) is 35.9 Å². The van der Waals surface area contributed by atoms with E-state index in [2.05, 4.69) is 5.32 Å². The lowest BCUT2D eigenvalue weighted by Gasteiger charge is -2.46. The molecule has 0 spiro atoms. The first-order valence-corrected chi connectivity index (χ1v) is 13.6. The molecule has 0 saturated carbocycles. The van der Waals surface area contributed by atoms with Crippen molar-refractivity contribution in [3.63, 3.8) is 0 Å². The van der Waals surface area contributed by atoms with Gasteiger partial charge in [-0.3, -0.25) is 19.3 Å². The first kappa shape index (κ1) is 27.4. The summed E-state index contributed by atoms with van der Waals surface area (Å²) in [6.45, 7) is 9.67. The van der Waals surface area contributed by atoms with Gasteiger partial charge in [0.1, 0.15) is 24.7 Å². The fourth-order valence-corrected chi connectivity index (χ4v) is 6.87. The van der Waals surface area contributed by atoms with Gasteiger partial charge in [-0.2, -0.15) is 0 Å². The molecule has 0 aromatic heterocycles. The molecule has 37 heavy (non-hydrogen) atoms. The zero-order valence-electron chi connectivity index (χ0n) is 21.8. The molecular formula is C26H36N4O6S. The Balaban J connectivity index is 1.32. The number of nitrogens with one attached hydrogen (secondary N) is 1. The van der Waals surface area contributed by atoms with E-state index in [1.807, 2.05) is 62.9 Å². The molecule has 1 aromatic carbocycles. The molecule has 0 radical (unpaired) electrons. The number of rotatable bonds is 8. The predicted molar refractivity (Wildman–Crippen MR) is 138 cm³/mol. The van der Waals surface area contributed by atoms with Crippen LogP contribution in [-0.2, 0) is 30.5 Å². The minimum Gasteiger partial charge on any atom is -0.459 e. The average Bonchev–Trinajstić information content (AvgIpc) is 3.09. The third-order valence-electron chi connectivity index (χ3n) is 7.02. The van der Waals surface area contributed by atoms with Crippen molar-refractivity contribution in [2.45, 2.75) is 62.6 Å². The van der Waals surface area contributed by atoms with Gasteiger partial charge >= 0.3 is 5.97 Å². The first-order chi connectivity index (χ1) is 17.5. The molecule has 4 rings (SSSR count). The van der Waals surface area contributed by atoms with Gasteiger partial charge in [-0.15, -0.1) is 11.8 Å². The van der Waals surface area contributed by atoms with Gasteiger partial charge in [0.05, 0.1) is 11.9 Å². The molecular weight excluding hydrogens is 496 g/mol. The number of hydrogen-bond donors (Lipinski definition) is 2. The number of piperazine rings is 1. The van der Waals surface area contributed by atoms with Gasteiger partial charge in [-0.05, 0) is 33.3 Å². The van der Waals surface area contributed by atoms with Crippen LogP contribution in [0.5, 0.6) is 0 Å². The fraction of sp³-hybridized carbons (Fsp3) is 0.615. The van der Waals surface area contributed by atoms with E-state index < -0.39 is 46.0 Å². The van der Waals surface area contributed by atoms with Gasteiger partial charge in [-0.1, -0.05) is 30.3 Å². The van der Waals surface area contributed by atoms with E-state index in [0.717, 1.165) is 5.56 Å². The quantitative estimate of drug-likeness (QED) is 0.366. The number of carbonyl (C=O) groups excluding carboxylic acids is 4. The number of nitrogens with zero attached hydrogens (tertiary/aromatic N) is 3. The summed E-state index contributed by atoms with van der Waals surface area (Å²) < 4.78 is 4.90. The van der Waals surface area contributed by atoms with Crippen molar-refractivity contribution >= 4 is 35.5 Å². The molecule has 3 aliphatic heterocycles. The smallest absolute Gasteiger partial charge is 0.330 e. The van der Waals surface area contributed by atoms with Crippen LogP contribution < -0.4 is 5.32 Å². The monoisotopic (exact) mass is 532 g/mol. The molecule has 11 heteroatoms. The van der Waals surface area contributed by atoms with Gasteiger partial charge in [0, 0.05) is 37.0 Å². The summed E-state index contributed by atoms with van der Waals surface area (Å²) >= 11 is 1.41. The maximum atomic E-state index is 13.1. The van der Waals surface area contributed by atoms with Crippen LogP contribution >= 0.6 is 11.8 Å². The number of aliphatic hydroxyl groups excluding tert-OH is 1. The van der Waals surface area contributed by atoms with Gasteiger partial charge in [0.25, 0.3) is 5.91 Å². The average molecular weight is 533 g/mol. The normalized spacial score (nSPS) is 25.9. The number of thioether (sulfide) groups is 1. The predicted octanol–water partition coefficient (Wildman–Crippen LogP) is 0.438. The van der Waals surface area contributed by atoms with E-state index in [4.69, 9.17) is 4.74 Å². The van der Waals surface area contributed by atoms with Crippen LogP contribution in [0.3, 0.4) is 0 Å². The number of hydrogen-bond acceptors (Lipinski definition) is 8. The lowest BCUT2D eigenvalue weighted by atomic mass is 9.87. The maximum Gasteiger partial charge on any atom is 0.330 e. The van der Waals surface area contributed by atoms with Crippen molar-refractivity contribution in [1.29, 1.82) is 0 Å². The Kier molecular flexibility index (Phi) is 8.15. The Morgan fingerprint density at radius 2 is 1.78 bits per heavy atom. The molecule has 0 unspecified atom stereocenters. The number of benzene rings is 1. The lowest BCUT2D eigenvalue weighted by Crippen LogP contribution is -2.67. The molecule has 4 atom stereocenters. The number of β-lactam (4-membered cyclic amide) rings is 1. The fourth-order valence-electron chi connectivity index (χ4n) is 5.16. The molecule has 202 valence electrons. The van der Waals surface area contributed by atoms with Crippen molar-refractivity contribution in [3.8, 4) is 0 Å². The van der Waals surface area contributed by atoms with E-state index >= 15 is 0 Å². The number of fused-ring (bicyclic) bond motifs is 1. The Hall–Kier alpha value is -2.63. The molecule has 10 nitrogen and oxygen atoms in total. The standard InChI is InChI=1S/C26H36N4O6S/c1-16(2)27-18(31)14-28-10-12-29(13-11-28)23(34)20(32)19-22(33)30-21(26(3,4)37-24(19)30)25(35)36-15-17-8-6-5-7-9-17/h5-9,16,19-21,24,32H,10-15H2,1-4H3,(H,27,31)/t19-,20+,21+,24-/m1/s1. The zero-order valence-corrected chi connectivity index (χ0v) is 22.6. The van der Waals surface area contributed by atoms with Crippen LogP contribution in [0, 0.1) is 5.92 Å². The summed E-state index contributed by atoms with van der Waals surface area (Å²) in [5.74, 6) is -2.35. The molecule has 3 saturated heterocycles. The summed E-state index contributed by atoms with van der Waals surface area (Å²) in [5, 5.41) is 13.3. The highest BCUT2D eigenvalue weighted by atomic mass is 32.2. The molecule has 0 bridgehead atoms. The van der Waals surface area contributed by atoms with Gasteiger partial charge in [0.2, 0.25) is 11.8 Å². The SMILES string of the molecule is CC(C)NC(=O)CN1CCN(C(=O)[C@@H](O)[C@@H]2C(=O)N3[C@@H]2SC(C)(C)[C@@H]3C(=O)OCc2ccccc2)CC1. The minimum absolute atomic E-state index is 0.0623. The van der Waals surface area contributed by atoms with Crippen molar-refractivity contribution in [2.24, 2.45) is 5.92 Å². The van der Waals surface area contributed by atoms with Crippen molar-refractivity contribution < 1.29 is 29.0 Å². The highest BCUT2D eigenvalue weighted by molar-refractivity contribution is 8.01. The Bertz CT molecular complexity index is 1030. The number of esters is 1. The van der Waals surface area contributed by atoms with Crippen LogP contribution in [0.4, 0.5) is 0 Å². The summed E-state index contributed by atoms with van der Waals surface area (Å²) in [5.41, 5.74) is 0.852. The van der Waals surface area contributed by atoms with E-state index in [0.29, 0.717) is 26.2 Å². The second-order valence-electron chi connectivity index (χ2n) is 10.6. The molecule has 0 aliphatic carbocycles. The Morgan fingerprint density at radius 3 is 2.41 bits per heavy atom. The van der Waals surface area contributed by atoms with Crippen molar-refractivity contribution in [2.75, 3.05) is 32.7 Å². The third-order valence-corrected chi connectivity index (χ3v) is 8.62. The molecule has 3 amide bonds. The second-order valence-corrected chi connectivity index (χ2v) is 12.4. The number of amides is 3. The maximum absolute atomic E-state index is 13.1. The summed E-state index contributed by atoms with van der Waals surface area (Å²) in [6.07, 6.45) is -1.48. The molecule has 3 fully saturated rings. The highest BCUT2D eigenvalue weighted by Crippen LogP contribution is 2.54. The molecule has 1 aromatic rings. The molecule has 2 N–H and O–H groups in total. The van der Waals surface area contributed by atoms with Crippen molar-refractivity contribution in [1.82, 2.24) is 20.0 Å². The van der Waals surface area contributed by atoms with Gasteiger partial charge in [-0.25, -0.2) is 4.79 Å². The number of carbonyl (C=O) groups is 4. The first-order valence-electron chi connectivity index (χ1n) is 12.7. The highest BCUT2D eigenvalue weighted by Gasteiger charge is 2.66. The van der Waals surface area contributed by atoms with Crippen LogP contribution in [0.15, 0.2) is 30.3 Å². The van der Waals surface area contributed by atoms with Gasteiger partial charge < -0.3 is 25.0 Å². The summed E-state index contributed by atoms with van der Waals surface area (Å²) in [6, 6.07) is 8.59. The molecule has 3 heterocycles. The molecule has 3 aliphatic rings. The summed E-state index contributed by atoms with van der Waals surface area (Å²) in [7, 11) is 0.